The highest BCUT2D eigenvalue weighted by atomic mass is 127. The van der Waals surface area contributed by atoms with Gasteiger partial charge in [-0.3, -0.25) is 0 Å². The summed E-state index contributed by atoms with van der Waals surface area (Å²) in [5.74, 6) is 0.784. The van der Waals surface area contributed by atoms with Crippen LogP contribution in [0.5, 0.6) is 0 Å². The van der Waals surface area contributed by atoms with E-state index in [0.29, 0.717) is 0 Å². The Bertz CT molecular complexity index is 105. The molecule has 1 N–H and O–H groups in total. The van der Waals surface area contributed by atoms with E-state index in [1.165, 1.54) is 29.5 Å². The smallest absolute Gasteiger partial charge is 0.00429 e. The molecule has 1 aliphatic rings. The summed E-state index contributed by atoms with van der Waals surface area (Å²) in [6, 6.07) is 0. The van der Waals surface area contributed by atoms with Crippen LogP contribution in [0.2, 0.25) is 0 Å². The third kappa shape index (κ3) is 2.26. The average molecular weight is 237 g/mol. The van der Waals surface area contributed by atoms with E-state index in [-0.39, 0.29) is 0 Å². The van der Waals surface area contributed by atoms with Crippen LogP contribution in [0, 0.1) is 5.92 Å². The number of nitrogens with one attached hydrogen (secondary N) is 1. The molecule has 0 aromatic rings. The predicted molar refractivity (Wildman–Crippen MR) is 48.8 cm³/mol. The minimum absolute atomic E-state index is 0.784. The fourth-order valence-corrected chi connectivity index (χ4v) is 1.76. The molecule has 1 rings (SSSR count). The van der Waals surface area contributed by atoms with Gasteiger partial charge in [-0.2, -0.15) is 0 Å². The van der Waals surface area contributed by atoms with Gasteiger partial charge < -0.3 is 5.32 Å². The van der Waals surface area contributed by atoms with Gasteiger partial charge in [0.1, 0.15) is 0 Å². The van der Waals surface area contributed by atoms with Crippen LogP contribution in [-0.2, 0) is 0 Å². The maximum atomic E-state index is 3.94. The summed E-state index contributed by atoms with van der Waals surface area (Å²) in [7, 11) is 0. The van der Waals surface area contributed by atoms with Gasteiger partial charge in [0.15, 0.2) is 0 Å². The highest BCUT2D eigenvalue weighted by Crippen LogP contribution is 2.24. The van der Waals surface area contributed by atoms with Gasteiger partial charge >= 0.3 is 0 Å². The SMILES string of the molecule is C=C(I)C1CCNCC1. The van der Waals surface area contributed by atoms with Gasteiger partial charge in [-0.05, 0) is 58.0 Å². The summed E-state index contributed by atoms with van der Waals surface area (Å²) in [5.41, 5.74) is 0. The van der Waals surface area contributed by atoms with Crippen molar-refractivity contribution in [3.63, 3.8) is 0 Å². The van der Waals surface area contributed by atoms with Gasteiger partial charge in [0, 0.05) is 0 Å². The second-order valence-corrected chi connectivity index (χ2v) is 3.86. The number of piperidine rings is 1. The molecular weight excluding hydrogens is 225 g/mol. The predicted octanol–water partition coefficient (Wildman–Crippen LogP) is 1.93. The monoisotopic (exact) mass is 237 g/mol. The summed E-state index contributed by atoms with van der Waals surface area (Å²) < 4.78 is 1.33. The third-order valence-corrected chi connectivity index (χ3v) is 2.66. The molecule has 0 aromatic carbocycles. The number of halogens is 1. The van der Waals surface area contributed by atoms with E-state index in [0.717, 1.165) is 5.92 Å². The van der Waals surface area contributed by atoms with Crippen molar-refractivity contribution in [1.82, 2.24) is 5.32 Å². The van der Waals surface area contributed by atoms with Gasteiger partial charge in [0.05, 0.1) is 0 Å². The second kappa shape index (κ2) is 3.56. The summed E-state index contributed by atoms with van der Waals surface area (Å²) in [4.78, 5) is 0. The quantitative estimate of drug-likeness (QED) is 0.687. The second-order valence-electron chi connectivity index (χ2n) is 2.47. The molecule has 52 valence electrons. The molecule has 0 saturated carbocycles. The average Bonchev–Trinajstić information content (AvgIpc) is 1.90. The lowest BCUT2D eigenvalue weighted by Crippen LogP contribution is -2.27. The van der Waals surface area contributed by atoms with E-state index in [1.54, 1.807) is 0 Å². The topological polar surface area (TPSA) is 12.0 Å². The van der Waals surface area contributed by atoms with Crippen molar-refractivity contribution >= 4 is 22.6 Å². The highest BCUT2D eigenvalue weighted by molar-refractivity contribution is 14.1. The normalized spacial score (nSPS) is 21.9. The van der Waals surface area contributed by atoms with Crippen LogP contribution < -0.4 is 5.32 Å². The van der Waals surface area contributed by atoms with Gasteiger partial charge in [0.2, 0.25) is 0 Å². The molecule has 1 saturated heterocycles. The number of hydrogen-bond acceptors (Lipinski definition) is 1. The Labute approximate surface area is 70.0 Å². The van der Waals surface area contributed by atoms with E-state index in [4.69, 9.17) is 0 Å². The van der Waals surface area contributed by atoms with Crippen molar-refractivity contribution < 1.29 is 0 Å². The third-order valence-electron chi connectivity index (χ3n) is 1.78. The molecule has 2 heteroatoms. The Morgan fingerprint density at radius 2 is 2.00 bits per heavy atom. The molecule has 1 nitrogen and oxygen atoms in total. The first kappa shape index (κ1) is 7.54. The van der Waals surface area contributed by atoms with E-state index in [9.17, 15) is 0 Å². The van der Waals surface area contributed by atoms with Crippen LogP contribution in [0.1, 0.15) is 12.8 Å². The number of hydrogen-bond donors (Lipinski definition) is 1. The van der Waals surface area contributed by atoms with E-state index in [1.807, 2.05) is 0 Å². The van der Waals surface area contributed by atoms with Gasteiger partial charge in [0.25, 0.3) is 0 Å². The van der Waals surface area contributed by atoms with Gasteiger partial charge in [-0.1, -0.05) is 6.58 Å². The van der Waals surface area contributed by atoms with Crippen LogP contribution >= 0.6 is 22.6 Å². The zero-order chi connectivity index (χ0) is 6.69. The Kier molecular flexibility index (Phi) is 2.98. The van der Waals surface area contributed by atoms with Crippen LogP contribution in [0.15, 0.2) is 10.2 Å². The largest absolute Gasteiger partial charge is 0.317 e. The summed E-state index contributed by atoms with van der Waals surface area (Å²) >= 11 is 2.34. The van der Waals surface area contributed by atoms with E-state index >= 15 is 0 Å². The molecule has 0 spiro atoms. The van der Waals surface area contributed by atoms with Crippen molar-refractivity contribution in [1.29, 1.82) is 0 Å². The summed E-state index contributed by atoms with van der Waals surface area (Å²) in [6.45, 7) is 6.28. The molecule has 9 heavy (non-hydrogen) atoms. The fraction of sp³-hybridized carbons (Fsp3) is 0.714. The van der Waals surface area contributed by atoms with Crippen molar-refractivity contribution in [2.75, 3.05) is 13.1 Å². The lowest BCUT2D eigenvalue weighted by molar-refractivity contribution is 0.435. The number of rotatable bonds is 1. The zero-order valence-electron chi connectivity index (χ0n) is 5.49. The molecule has 0 unspecified atom stereocenters. The standard InChI is InChI=1S/C7H12IN/c1-6(8)7-2-4-9-5-3-7/h7,9H,1-5H2. The minimum Gasteiger partial charge on any atom is -0.317 e. The maximum Gasteiger partial charge on any atom is -0.00429 e. The van der Waals surface area contributed by atoms with E-state index < -0.39 is 0 Å². The zero-order valence-corrected chi connectivity index (χ0v) is 7.65. The maximum absolute atomic E-state index is 3.94. The molecule has 0 aromatic heterocycles. The van der Waals surface area contributed by atoms with Crippen LogP contribution in [0.3, 0.4) is 0 Å². The Hall–Kier alpha value is 0.430. The van der Waals surface area contributed by atoms with Crippen molar-refractivity contribution in [2.24, 2.45) is 5.92 Å². The van der Waals surface area contributed by atoms with Crippen LogP contribution in [-0.4, -0.2) is 13.1 Å². The van der Waals surface area contributed by atoms with Gasteiger partial charge in [-0.25, -0.2) is 0 Å². The molecule has 0 bridgehead atoms. The first-order valence-corrected chi connectivity index (χ1v) is 4.43. The first-order valence-electron chi connectivity index (χ1n) is 3.35. The lowest BCUT2D eigenvalue weighted by Gasteiger charge is -2.21. The van der Waals surface area contributed by atoms with E-state index in [2.05, 4.69) is 34.5 Å². The Morgan fingerprint density at radius 1 is 1.44 bits per heavy atom. The van der Waals surface area contributed by atoms with Gasteiger partial charge in [-0.15, -0.1) is 0 Å². The molecule has 0 amide bonds. The summed E-state index contributed by atoms with van der Waals surface area (Å²) in [6.07, 6.45) is 2.56. The molecule has 0 atom stereocenters. The summed E-state index contributed by atoms with van der Waals surface area (Å²) in [5, 5.41) is 3.33. The lowest BCUT2D eigenvalue weighted by atomic mass is 9.99. The molecular formula is C7H12IN. The first-order chi connectivity index (χ1) is 4.30. The molecule has 0 radical (unpaired) electrons. The highest BCUT2D eigenvalue weighted by Gasteiger charge is 2.13. The van der Waals surface area contributed by atoms with Crippen molar-refractivity contribution in [3.8, 4) is 0 Å². The Morgan fingerprint density at radius 3 is 2.33 bits per heavy atom. The van der Waals surface area contributed by atoms with Crippen LogP contribution in [0.4, 0.5) is 0 Å². The Balaban J connectivity index is 2.31. The molecule has 1 fully saturated rings. The number of allylic oxidation sites excluding steroid dienone is 1. The molecule has 0 aliphatic carbocycles. The van der Waals surface area contributed by atoms with Crippen molar-refractivity contribution in [3.05, 3.63) is 10.2 Å². The fourth-order valence-electron chi connectivity index (χ4n) is 1.14. The van der Waals surface area contributed by atoms with Crippen LogP contribution in [0.25, 0.3) is 0 Å². The molecule has 1 aliphatic heterocycles. The van der Waals surface area contributed by atoms with Crippen molar-refractivity contribution in [2.45, 2.75) is 12.8 Å². The molecule has 1 heterocycles. The minimum atomic E-state index is 0.784.